The van der Waals surface area contributed by atoms with Crippen LogP contribution >= 0.6 is 0 Å². The summed E-state index contributed by atoms with van der Waals surface area (Å²) < 4.78 is 0. The molecule has 2 N–H and O–H groups in total. The van der Waals surface area contributed by atoms with Gasteiger partial charge in [0, 0.05) is 24.7 Å². The number of anilines is 1. The molecule has 1 aromatic rings. The van der Waals surface area contributed by atoms with Gasteiger partial charge < -0.3 is 15.3 Å². The van der Waals surface area contributed by atoms with Gasteiger partial charge in [0.25, 0.3) is 5.91 Å². The number of aryl methyl sites for hydroxylation is 1. The van der Waals surface area contributed by atoms with E-state index >= 15 is 0 Å². The van der Waals surface area contributed by atoms with Gasteiger partial charge in [-0.2, -0.15) is 0 Å². The standard InChI is InChI=1S/C18H26N2O3/c1-18(2,3)10-14(11-21)19-17(23)13-5-7-15-12(9-13)6-8-16(22)20(15)4/h5,7,9,14,21H,6,8,10-11H2,1-4H3,(H,19,23). The van der Waals surface area contributed by atoms with Gasteiger partial charge in [-0.05, 0) is 42.0 Å². The van der Waals surface area contributed by atoms with E-state index in [1.165, 1.54) is 0 Å². The smallest absolute Gasteiger partial charge is 0.251 e. The first-order valence-corrected chi connectivity index (χ1v) is 8.02. The van der Waals surface area contributed by atoms with E-state index in [0.717, 1.165) is 11.3 Å². The van der Waals surface area contributed by atoms with Crippen molar-refractivity contribution in [2.45, 2.75) is 46.1 Å². The van der Waals surface area contributed by atoms with Crippen LogP contribution in [0.4, 0.5) is 5.69 Å². The van der Waals surface area contributed by atoms with Crippen molar-refractivity contribution in [3.05, 3.63) is 29.3 Å². The SMILES string of the molecule is CN1C(=O)CCc2cc(C(=O)NC(CO)CC(C)(C)C)ccc21. The van der Waals surface area contributed by atoms with Crippen molar-refractivity contribution >= 4 is 17.5 Å². The average Bonchev–Trinajstić information content (AvgIpc) is 2.48. The Bertz CT molecular complexity index is 605. The molecule has 23 heavy (non-hydrogen) atoms. The number of aliphatic hydroxyl groups is 1. The molecule has 1 aliphatic heterocycles. The van der Waals surface area contributed by atoms with Crippen LogP contribution in [0.25, 0.3) is 0 Å². The quantitative estimate of drug-likeness (QED) is 0.893. The molecule has 0 aromatic heterocycles. The number of benzene rings is 1. The van der Waals surface area contributed by atoms with E-state index in [4.69, 9.17) is 0 Å². The van der Waals surface area contributed by atoms with Gasteiger partial charge >= 0.3 is 0 Å². The lowest BCUT2D eigenvalue weighted by molar-refractivity contribution is -0.118. The highest BCUT2D eigenvalue weighted by Gasteiger charge is 2.23. The molecule has 5 nitrogen and oxygen atoms in total. The molecule has 2 rings (SSSR count). The summed E-state index contributed by atoms with van der Waals surface area (Å²) >= 11 is 0. The highest BCUT2D eigenvalue weighted by molar-refractivity contribution is 5.99. The largest absolute Gasteiger partial charge is 0.394 e. The summed E-state index contributed by atoms with van der Waals surface area (Å²) in [6.45, 7) is 6.15. The van der Waals surface area contributed by atoms with Gasteiger partial charge in [0.15, 0.2) is 0 Å². The van der Waals surface area contributed by atoms with Crippen LogP contribution in [0.1, 0.15) is 49.5 Å². The van der Waals surface area contributed by atoms with Crippen LogP contribution in [0.3, 0.4) is 0 Å². The molecule has 0 spiro atoms. The Hall–Kier alpha value is -1.88. The van der Waals surface area contributed by atoms with Crippen LogP contribution in [0.15, 0.2) is 18.2 Å². The number of nitrogens with one attached hydrogen (secondary N) is 1. The molecule has 5 heteroatoms. The van der Waals surface area contributed by atoms with Crippen molar-refractivity contribution < 1.29 is 14.7 Å². The van der Waals surface area contributed by atoms with Gasteiger partial charge in [-0.1, -0.05) is 20.8 Å². The molecule has 0 fully saturated rings. The van der Waals surface area contributed by atoms with Crippen LogP contribution in [-0.2, 0) is 11.2 Å². The van der Waals surface area contributed by atoms with Gasteiger partial charge in [-0.3, -0.25) is 9.59 Å². The monoisotopic (exact) mass is 318 g/mol. The normalized spacial score (nSPS) is 16.0. The van der Waals surface area contributed by atoms with E-state index in [9.17, 15) is 14.7 Å². The predicted molar refractivity (Wildman–Crippen MR) is 90.6 cm³/mol. The molecular formula is C18H26N2O3. The molecule has 0 saturated heterocycles. The maximum atomic E-state index is 12.4. The average molecular weight is 318 g/mol. The number of hydrogen-bond donors (Lipinski definition) is 2. The van der Waals surface area contributed by atoms with E-state index in [0.29, 0.717) is 24.8 Å². The fourth-order valence-corrected chi connectivity index (χ4v) is 2.97. The van der Waals surface area contributed by atoms with Crippen LogP contribution in [-0.4, -0.2) is 36.6 Å². The highest BCUT2D eigenvalue weighted by atomic mass is 16.3. The molecule has 1 atom stereocenters. The second-order valence-corrected chi connectivity index (χ2v) is 7.41. The van der Waals surface area contributed by atoms with Crippen LogP contribution in [0.5, 0.6) is 0 Å². The number of carbonyl (C=O) groups excluding carboxylic acids is 2. The van der Waals surface area contributed by atoms with E-state index < -0.39 is 0 Å². The zero-order chi connectivity index (χ0) is 17.2. The summed E-state index contributed by atoms with van der Waals surface area (Å²) in [6.07, 6.45) is 1.83. The fraction of sp³-hybridized carbons (Fsp3) is 0.556. The van der Waals surface area contributed by atoms with E-state index in [-0.39, 0.29) is 29.9 Å². The summed E-state index contributed by atoms with van der Waals surface area (Å²) in [5, 5.41) is 12.4. The van der Waals surface area contributed by atoms with Gasteiger partial charge in [-0.25, -0.2) is 0 Å². The molecule has 126 valence electrons. The third-order valence-corrected chi connectivity index (χ3v) is 4.10. The van der Waals surface area contributed by atoms with Crippen LogP contribution in [0.2, 0.25) is 0 Å². The highest BCUT2D eigenvalue weighted by Crippen LogP contribution is 2.27. The second-order valence-electron chi connectivity index (χ2n) is 7.41. The summed E-state index contributed by atoms with van der Waals surface area (Å²) in [6, 6.07) is 5.13. The Morgan fingerprint density at radius 3 is 2.65 bits per heavy atom. The summed E-state index contributed by atoms with van der Waals surface area (Å²) in [5.74, 6) is -0.0872. The molecule has 1 aromatic carbocycles. The Balaban J connectivity index is 2.13. The van der Waals surface area contributed by atoms with Gasteiger partial charge in [0.2, 0.25) is 5.91 Å². The molecule has 1 unspecified atom stereocenters. The number of amides is 2. The topological polar surface area (TPSA) is 69.6 Å². The third-order valence-electron chi connectivity index (χ3n) is 4.10. The first kappa shape index (κ1) is 17.5. The van der Waals surface area contributed by atoms with Crippen molar-refractivity contribution in [1.82, 2.24) is 5.32 Å². The molecule has 2 amide bonds. The summed E-state index contributed by atoms with van der Waals surface area (Å²) in [5.41, 5.74) is 2.47. The van der Waals surface area contributed by atoms with Crippen molar-refractivity contribution in [1.29, 1.82) is 0 Å². The Morgan fingerprint density at radius 1 is 1.35 bits per heavy atom. The number of nitrogens with zero attached hydrogens (tertiary/aromatic N) is 1. The minimum Gasteiger partial charge on any atom is -0.394 e. The third kappa shape index (κ3) is 4.32. The lowest BCUT2D eigenvalue weighted by Crippen LogP contribution is -2.40. The zero-order valence-corrected chi connectivity index (χ0v) is 14.3. The van der Waals surface area contributed by atoms with Crippen LogP contribution < -0.4 is 10.2 Å². The molecule has 1 aliphatic rings. The van der Waals surface area contributed by atoms with Gasteiger partial charge in [-0.15, -0.1) is 0 Å². The Labute approximate surface area is 137 Å². The molecule has 0 aliphatic carbocycles. The molecule has 0 bridgehead atoms. The maximum Gasteiger partial charge on any atom is 0.251 e. The summed E-state index contributed by atoms with van der Waals surface area (Å²) in [4.78, 5) is 25.8. The number of aliphatic hydroxyl groups excluding tert-OH is 1. The molecule has 0 radical (unpaired) electrons. The predicted octanol–water partition coefficient (Wildman–Crippen LogP) is 2.12. The second kappa shape index (κ2) is 6.71. The van der Waals surface area contributed by atoms with Gasteiger partial charge in [0.05, 0.1) is 12.6 Å². The Morgan fingerprint density at radius 2 is 2.04 bits per heavy atom. The van der Waals surface area contributed by atoms with Crippen molar-refractivity contribution in [2.75, 3.05) is 18.6 Å². The number of hydrogen-bond acceptors (Lipinski definition) is 3. The number of rotatable bonds is 4. The summed E-state index contributed by atoms with van der Waals surface area (Å²) in [7, 11) is 1.76. The maximum absolute atomic E-state index is 12.4. The minimum atomic E-state index is -0.261. The van der Waals surface area contributed by atoms with E-state index in [1.54, 1.807) is 18.0 Å². The van der Waals surface area contributed by atoms with E-state index in [1.807, 2.05) is 12.1 Å². The minimum absolute atomic E-state index is 0.0274. The van der Waals surface area contributed by atoms with Crippen molar-refractivity contribution in [2.24, 2.45) is 5.41 Å². The number of fused-ring (bicyclic) bond motifs is 1. The van der Waals surface area contributed by atoms with E-state index in [2.05, 4.69) is 26.1 Å². The first-order valence-electron chi connectivity index (χ1n) is 8.02. The molecular weight excluding hydrogens is 292 g/mol. The van der Waals surface area contributed by atoms with Crippen LogP contribution in [0, 0.1) is 5.41 Å². The van der Waals surface area contributed by atoms with Gasteiger partial charge in [0.1, 0.15) is 0 Å². The van der Waals surface area contributed by atoms with Crippen molar-refractivity contribution in [3.8, 4) is 0 Å². The zero-order valence-electron chi connectivity index (χ0n) is 14.3. The molecule has 0 saturated carbocycles. The lowest BCUT2D eigenvalue weighted by Gasteiger charge is -2.27. The fourth-order valence-electron chi connectivity index (χ4n) is 2.97. The molecule has 1 heterocycles. The Kier molecular flexibility index (Phi) is 5.09. The van der Waals surface area contributed by atoms with Crippen molar-refractivity contribution in [3.63, 3.8) is 0 Å². The lowest BCUT2D eigenvalue weighted by atomic mass is 9.88. The number of carbonyl (C=O) groups is 2. The first-order chi connectivity index (χ1) is 10.7.